The van der Waals surface area contributed by atoms with Gasteiger partial charge in [0, 0.05) is 23.1 Å². The average Bonchev–Trinajstić information content (AvgIpc) is 3.05. The first kappa shape index (κ1) is 17.9. The van der Waals surface area contributed by atoms with Crippen LogP contribution in [0.5, 0.6) is 11.5 Å². The van der Waals surface area contributed by atoms with E-state index in [4.69, 9.17) is 9.47 Å². The SMILES string of the molecule is COc1ccc2[nH]c3c(c2c1)CCNC3c1cc(C(C)C)c(OC)cc1C. The maximum absolute atomic E-state index is 5.63. The molecule has 4 nitrogen and oxygen atoms in total. The van der Waals surface area contributed by atoms with E-state index >= 15 is 0 Å². The van der Waals surface area contributed by atoms with Crippen molar-refractivity contribution in [3.8, 4) is 11.5 Å². The summed E-state index contributed by atoms with van der Waals surface area (Å²) in [5, 5.41) is 4.99. The Hall–Kier alpha value is -2.46. The van der Waals surface area contributed by atoms with Crippen molar-refractivity contribution in [2.24, 2.45) is 0 Å². The van der Waals surface area contributed by atoms with E-state index in [9.17, 15) is 0 Å². The molecule has 2 aromatic carbocycles. The molecule has 1 aromatic heterocycles. The number of hydrogen-bond acceptors (Lipinski definition) is 3. The number of hydrogen-bond donors (Lipinski definition) is 2. The molecule has 0 fully saturated rings. The van der Waals surface area contributed by atoms with Gasteiger partial charge in [-0.25, -0.2) is 0 Å². The smallest absolute Gasteiger partial charge is 0.122 e. The molecule has 0 aliphatic carbocycles. The summed E-state index contributed by atoms with van der Waals surface area (Å²) < 4.78 is 11.1. The summed E-state index contributed by atoms with van der Waals surface area (Å²) in [6.07, 6.45) is 1.02. The number of H-pyrrole nitrogens is 1. The molecular weight excluding hydrogens is 336 g/mol. The van der Waals surface area contributed by atoms with Gasteiger partial charge >= 0.3 is 0 Å². The Morgan fingerprint density at radius 2 is 1.89 bits per heavy atom. The molecule has 1 aliphatic rings. The summed E-state index contributed by atoms with van der Waals surface area (Å²) in [5.74, 6) is 2.29. The molecule has 0 spiro atoms. The van der Waals surface area contributed by atoms with Gasteiger partial charge in [0.2, 0.25) is 0 Å². The Balaban J connectivity index is 1.87. The first-order valence-electron chi connectivity index (χ1n) is 9.63. The van der Waals surface area contributed by atoms with Gasteiger partial charge in [-0.1, -0.05) is 13.8 Å². The molecule has 1 aliphatic heterocycles. The molecule has 0 radical (unpaired) electrons. The Morgan fingerprint density at radius 1 is 1.07 bits per heavy atom. The van der Waals surface area contributed by atoms with Crippen LogP contribution >= 0.6 is 0 Å². The van der Waals surface area contributed by atoms with Gasteiger partial charge in [0.15, 0.2) is 0 Å². The molecule has 0 saturated carbocycles. The first-order valence-corrected chi connectivity index (χ1v) is 9.63. The summed E-state index contributed by atoms with van der Waals surface area (Å²) in [5.41, 5.74) is 7.66. The van der Waals surface area contributed by atoms with Gasteiger partial charge in [-0.05, 0) is 71.8 Å². The molecule has 2 N–H and O–H groups in total. The van der Waals surface area contributed by atoms with Gasteiger partial charge in [0.05, 0.1) is 20.3 Å². The minimum absolute atomic E-state index is 0.163. The molecule has 2 heterocycles. The largest absolute Gasteiger partial charge is 0.497 e. The lowest BCUT2D eigenvalue weighted by atomic mass is 9.88. The van der Waals surface area contributed by atoms with E-state index in [-0.39, 0.29) is 6.04 Å². The van der Waals surface area contributed by atoms with Crippen LogP contribution in [0.2, 0.25) is 0 Å². The second-order valence-corrected chi connectivity index (χ2v) is 7.67. The summed E-state index contributed by atoms with van der Waals surface area (Å²) in [4.78, 5) is 3.67. The minimum atomic E-state index is 0.163. The quantitative estimate of drug-likeness (QED) is 0.695. The lowest BCUT2D eigenvalue weighted by molar-refractivity contribution is 0.406. The standard InChI is InChI=1S/C23H28N2O2/c1-13(2)17-12-18(14(3)10-21(17)27-5)22-23-16(8-9-24-22)19-11-15(26-4)6-7-20(19)25-23/h6-7,10-13,22,24-25H,8-9H2,1-5H3. The highest BCUT2D eigenvalue weighted by molar-refractivity contribution is 5.86. The number of nitrogens with one attached hydrogen (secondary N) is 2. The minimum Gasteiger partial charge on any atom is -0.497 e. The molecule has 142 valence electrons. The zero-order valence-corrected chi connectivity index (χ0v) is 16.8. The number of aryl methyl sites for hydroxylation is 1. The maximum atomic E-state index is 5.63. The zero-order valence-electron chi connectivity index (χ0n) is 16.8. The van der Waals surface area contributed by atoms with Gasteiger partial charge < -0.3 is 19.8 Å². The van der Waals surface area contributed by atoms with Gasteiger partial charge in [-0.2, -0.15) is 0 Å². The van der Waals surface area contributed by atoms with E-state index in [0.29, 0.717) is 5.92 Å². The van der Waals surface area contributed by atoms with E-state index < -0.39 is 0 Å². The van der Waals surface area contributed by atoms with Crippen LogP contribution in [0.25, 0.3) is 10.9 Å². The van der Waals surface area contributed by atoms with Crippen molar-refractivity contribution in [2.45, 2.75) is 39.2 Å². The van der Waals surface area contributed by atoms with Crippen molar-refractivity contribution in [3.63, 3.8) is 0 Å². The van der Waals surface area contributed by atoms with E-state index in [2.05, 4.69) is 55.3 Å². The molecule has 1 atom stereocenters. The summed E-state index contributed by atoms with van der Waals surface area (Å²) in [7, 11) is 3.47. The van der Waals surface area contributed by atoms with E-state index in [1.807, 2.05) is 6.07 Å². The molecule has 4 rings (SSSR count). The second kappa shape index (κ2) is 6.93. The summed E-state index contributed by atoms with van der Waals surface area (Å²) >= 11 is 0. The molecular formula is C23H28N2O2. The molecule has 1 unspecified atom stereocenters. The van der Waals surface area contributed by atoms with E-state index in [0.717, 1.165) is 24.5 Å². The van der Waals surface area contributed by atoms with Crippen LogP contribution in [0.1, 0.15) is 53.8 Å². The van der Waals surface area contributed by atoms with Crippen LogP contribution in [0.3, 0.4) is 0 Å². The summed E-state index contributed by atoms with van der Waals surface area (Å²) in [6, 6.07) is 10.9. The lowest BCUT2D eigenvalue weighted by Crippen LogP contribution is -2.31. The van der Waals surface area contributed by atoms with Gasteiger partial charge in [-0.3, -0.25) is 0 Å². The number of aromatic amines is 1. The number of methoxy groups -OCH3 is 2. The first-order chi connectivity index (χ1) is 13.0. The second-order valence-electron chi connectivity index (χ2n) is 7.67. The predicted molar refractivity (Wildman–Crippen MR) is 110 cm³/mol. The van der Waals surface area contributed by atoms with Crippen LogP contribution < -0.4 is 14.8 Å². The van der Waals surface area contributed by atoms with Crippen molar-refractivity contribution in [1.82, 2.24) is 10.3 Å². The van der Waals surface area contributed by atoms with E-state index in [1.54, 1.807) is 14.2 Å². The predicted octanol–water partition coefficient (Wildman–Crippen LogP) is 4.85. The van der Waals surface area contributed by atoms with Crippen LogP contribution in [0.4, 0.5) is 0 Å². The lowest BCUT2D eigenvalue weighted by Gasteiger charge is -2.27. The van der Waals surface area contributed by atoms with Gasteiger partial charge in [-0.15, -0.1) is 0 Å². The number of rotatable bonds is 4. The number of ether oxygens (including phenoxy) is 2. The van der Waals surface area contributed by atoms with Crippen LogP contribution in [0, 0.1) is 6.92 Å². The third-order valence-electron chi connectivity index (χ3n) is 5.71. The number of aromatic nitrogens is 1. The molecule has 0 bridgehead atoms. The Kier molecular flexibility index (Phi) is 4.60. The Bertz CT molecular complexity index is 988. The van der Waals surface area contributed by atoms with Crippen molar-refractivity contribution in [2.75, 3.05) is 20.8 Å². The van der Waals surface area contributed by atoms with Crippen molar-refractivity contribution in [3.05, 3.63) is 58.3 Å². The van der Waals surface area contributed by atoms with Crippen LogP contribution in [0.15, 0.2) is 30.3 Å². The third-order valence-corrected chi connectivity index (χ3v) is 5.71. The molecule has 3 aromatic rings. The highest BCUT2D eigenvalue weighted by Crippen LogP contribution is 2.38. The molecule has 0 amide bonds. The molecule has 27 heavy (non-hydrogen) atoms. The van der Waals surface area contributed by atoms with Crippen molar-refractivity contribution in [1.29, 1.82) is 0 Å². The highest BCUT2D eigenvalue weighted by atomic mass is 16.5. The topological polar surface area (TPSA) is 46.3 Å². The fraction of sp³-hybridized carbons (Fsp3) is 0.391. The maximum Gasteiger partial charge on any atom is 0.122 e. The zero-order chi connectivity index (χ0) is 19.1. The van der Waals surface area contributed by atoms with Gasteiger partial charge in [0.1, 0.15) is 11.5 Å². The fourth-order valence-electron chi connectivity index (χ4n) is 4.25. The third kappa shape index (κ3) is 2.98. The van der Waals surface area contributed by atoms with Crippen molar-refractivity contribution >= 4 is 10.9 Å². The highest BCUT2D eigenvalue weighted by Gasteiger charge is 2.27. The molecule has 0 saturated heterocycles. The average molecular weight is 364 g/mol. The summed E-state index contributed by atoms with van der Waals surface area (Å²) in [6.45, 7) is 7.56. The van der Waals surface area contributed by atoms with Gasteiger partial charge in [0.25, 0.3) is 0 Å². The van der Waals surface area contributed by atoms with Crippen LogP contribution in [-0.4, -0.2) is 25.7 Å². The monoisotopic (exact) mass is 364 g/mol. The molecule has 4 heteroatoms. The fourth-order valence-corrected chi connectivity index (χ4v) is 4.25. The Morgan fingerprint density at radius 3 is 2.59 bits per heavy atom. The Labute approximate surface area is 160 Å². The van der Waals surface area contributed by atoms with E-state index in [1.165, 1.54) is 38.9 Å². The van der Waals surface area contributed by atoms with Crippen LogP contribution in [-0.2, 0) is 6.42 Å². The van der Waals surface area contributed by atoms with Crippen molar-refractivity contribution < 1.29 is 9.47 Å². The number of fused-ring (bicyclic) bond motifs is 3. The number of benzene rings is 2. The normalized spacial score (nSPS) is 16.6.